The Bertz CT molecular complexity index is 729. The van der Waals surface area contributed by atoms with Gasteiger partial charge in [0.1, 0.15) is 46.6 Å². The lowest BCUT2D eigenvalue weighted by molar-refractivity contribution is 0.108. The smallest absolute Gasteiger partial charge is 0.149 e. The van der Waals surface area contributed by atoms with Crippen molar-refractivity contribution >= 4 is 5.82 Å². The molecular formula is C14H12F2N4O. The average molecular weight is 290 g/mol. The molecule has 0 bridgehead atoms. The molecule has 7 heteroatoms. The maximum absolute atomic E-state index is 13.9. The van der Waals surface area contributed by atoms with Crippen LogP contribution in [0.1, 0.15) is 30.2 Å². The summed E-state index contributed by atoms with van der Waals surface area (Å²) in [4.78, 5) is 0. The fraction of sp³-hybridized carbons (Fsp3) is 0.286. The van der Waals surface area contributed by atoms with Gasteiger partial charge < -0.3 is 10.5 Å². The fourth-order valence-corrected chi connectivity index (χ4v) is 2.41. The Morgan fingerprint density at radius 3 is 2.90 bits per heavy atom. The number of ether oxygens (including phenoxy) is 1. The standard InChI is InChI=1S/C14H12F2N4O/c15-8-3-4-10(16)11(6-8)20-14(18)9(7-17)13(19-20)12-2-1-5-21-12/h3-4,6,12H,1-2,5,18H2. The molecule has 1 aromatic carbocycles. The first-order valence-electron chi connectivity index (χ1n) is 6.47. The Balaban J connectivity index is 2.15. The largest absolute Gasteiger partial charge is 0.382 e. The second-order valence-electron chi connectivity index (χ2n) is 4.77. The summed E-state index contributed by atoms with van der Waals surface area (Å²) in [5.41, 5.74) is 6.25. The van der Waals surface area contributed by atoms with Crippen LogP contribution in [0.15, 0.2) is 18.2 Å². The van der Waals surface area contributed by atoms with Crippen LogP contribution in [0.3, 0.4) is 0 Å². The predicted molar refractivity (Wildman–Crippen MR) is 70.5 cm³/mol. The number of anilines is 1. The zero-order valence-corrected chi connectivity index (χ0v) is 11.0. The number of nitrogens with zero attached hydrogens (tertiary/aromatic N) is 3. The van der Waals surface area contributed by atoms with Crippen molar-refractivity contribution in [2.45, 2.75) is 18.9 Å². The van der Waals surface area contributed by atoms with E-state index >= 15 is 0 Å². The van der Waals surface area contributed by atoms with E-state index in [-0.39, 0.29) is 23.2 Å². The average Bonchev–Trinajstić information content (AvgIpc) is 3.09. The highest BCUT2D eigenvalue weighted by atomic mass is 19.1. The summed E-state index contributed by atoms with van der Waals surface area (Å²) in [5.74, 6) is -1.31. The molecule has 2 aromatic rings. The van der Waals surface area contributed by atoms with Crippen molar-refractivity contribution in [3.05, 3.63) is 41.1 Å². The summed E-state index contributed by atoms with van der Waals surface area (Å²) >= 11 is 0. The highest BCUT2D eigenvalue weighted by Crippen LogP contribution is 2.33. The zero-order chi connectivity index (χ0) is 15.0. The summed E-state index contributed by atoms with van der Waals surface area (Å²) < 4.78 is 33.7. The molecule has 108 valence electrons. The molecule has 0 saturated carbocycles. The third-order valence-electron chi connectivity index (χ3n) is 3.43. The molecule has 2 N–H and O–H groups in total. The molecule has 0 spiro atoms. The Hall–Kier alpha value is -2.46. The van der Waals surface area contributed by atoms with Crippen molar-refractivity contribution in [2.75, 3.05) is 12.3 Å². The molecule has 0 radical (unpaired) electrons. The van der Waals surface area contributed by atoms with E-state index in [0.29, 0.717) is 12.3 Å². The highest BCUT2D eigenvalue weighted by molar-refractivity contribution is 5.57. The third kappa shape index (κ3) is 2.23. The van der Waals surface area contributed by atoms with E-state index in [2.05, 4.69) is 5.10 Å². The molecule has 0 aliphatic carbocycles. The van der Waals surface area contributed by atoms with Gasteiger partial charge in [0.25, 0.3) is 0 Å². The number of aromatic nitrogens is 2. The normalized spacial score (nSPS) is 17.9. The van der Waals surface area contributed by atoms with Crippen molar-refractivity contribution in [3.8, 4) is 11.8 Å². The molecule has 1 fully saturated rings. The minimum absolute atomic E-state index is 0.0208. The predicted octanol–water partition coefficient (Wildman–Crippen LogP) is 2.46. The number of hydrogen-bond acceptors (Lipinski definition) is 4. The topological polar surface area (TPSA) is 76.9 Å². The molecular weight excluding hydrogens is 278 g/mol. The first-order valence-corrected chi connectivity index (χ1v) is 6.47. The van der Waals surface area contributed by atoms with Gasteiger partial charge in [0.2, 0.25) is 0 Å². The van der Waals surface area contributed by atoms with Gasteiger partial charge in [0.05, 0.1) is 0 Å². The number of rotatable bonds is 2. The SMILES string of the molecule is N#Cc1c(C2CCCO2)nn(-c2cc(F)ccc2F)c1N. The van der Waals surface area contributed by atoms with Gasteiger partial charge in [-0.3, -0.25) is 0 Å². The van der Waals surface area contributed by atoms with E-state index in [1.807, 2.05) is 6.07 Å². The minimum atomic E-state index is -0.672. The van der Waals surface area contributed by atoms with Crippen LogP contribution in [-0.2, 0) is 4.74 Å². The molecule has 1 saturated heterocycles. The third-order valence-corrected chi connectivity index (χ3v) is 3.43. The van der Waals surface area contributed by atoms with E-state index in [4.69, 9.17) is 10.5 Å². The van der Waals surface area contributed by atoms with Gasteiger partial charge in [-0.1, -0.05) is 0 Å². The summed E-state index contributed by atoms with van der Waals surface area (Å²) in [5, 5.41) is 13.4. The first-order chi connectivity index (χ1) is 10.1. The molecule has 0 amide bonds. The van der Waals surface area contributed by atoms with E-state index in [1.54, 1.807) is 0 Å². The molecule has 1 aliphatic heterocycles. The fourth-order valence-electron chi connectivity index (χ4n) is 2.41. The maximum Gasteiger partial charge on any atom is 0.149 e. The van der Waals surface area contributed by atoms with Crippen molar-refractivity contribution in [3.63, 3.8) is 0 Å². The van der Waals surface area contributed by atoms with Crippen LogP contribution in [-0.4, -0.2) is 16.4 Å². The van der Waals surface area contributed by atoms with Gasteiger partial charge in [-0.05, 0) is 25.0 Å². The quantitative estimate of drug-likeness (QED) is 0.921. The summed E-state index contributed by atoms with van der Waals surface area (Å²) in [6, 6.07) is 4.94. The maximum atomic E-state index is 13.9. The van der Waals surface area contributed by atoms with Crippen molar-refractivity contribution in [1.29, 1.82) is 5.26 Å². The van der Waals surface area contributed by atoms with E-state index in [0.717, 1.165) is 35.7 Å². The number of halogens is 2. The molecule has 5 nitrogen and oxygen atoms in total. The molecule has 1 unspecified atom stereocenters. The lowest BCUT2D eigenvalue weighted by atomic mass is 10.1. The van der Waals surface area contributed by atoms with Gasteiger partial charge >= 0.3 is 0 Å². The second-order valence-corrected chi connectivity index (χ2v) is 4.77. The van der Waals surface area contributed by atoms with Gasteiger partial charge in [-0.25, -0.2) is 13.5 Å². The van der Waals surface area contributed by atoms with Crippen LogP contribution in [0, 0.1) is 23.0 Å². The number of nitrogen functional groups attached to an aromatic ring is 1. The van der Waals surface area contributed by atoms with Crippen LogP contribution < -0.4 is 5.73 Å². The lowest BCUT2D eigenvalue weighted by Crippen LogP contribution is -2.05. The van der Waals surface area contributed by atoms with Gasteiger partial charge in [0.15, 0.2) is 0 Å². The van der Waals surface area contributed by atoms with Crippen LogP contribution >= 0.6 is 0 Å². The molecule has 1 aliphatic rings. The number of nitriles is 1. The number of benzene rings is 1. The second kappa shape index (κ2) is 5.14. The van der Waals surface area contributed by atoms with E-state index < -0.39 is 11.6 Å². The van der Waals surface area contributed by atoms with Crippen molar-refractivity contribution in [2.24, 2.45) is 0 Å². The van der Waals surface area contributed by atoms with E-state index in [9.17, 15) is 14.0 Å². The highest BCUT2D eigenvalue weighted by Gasteiger charge is 2.28. The lowest BCUT2D eigenvalue weighted by Gasteiger charge is -2.06. The van der Waals surface area contributed by atoms with Gasteiger partial charge in [-0.2, -0.15) is 10.4 Å². The van der Waals surface area contributed by atoms with Gasteiger partial charge in [0, 0.05) is 12.7 Å². The molecule has 1 aromatic heterocycles. The Labute approximate surface area is 119 Å². The number of hydrogen-bond donors (Lipinski definition) is 1. The Morgan fingerprint density at radius 2 is 2.24 bits per heavy atom. The van der Waals surface area contributed by atoms with Gasteiger partial charge in [-0.15, -0.1) is 0 Å². The van der Waals surface area contributed by atoms with Crippen LogP contribution in [0.25, 0.3) is 5.69 Å². The van der Waals surface area contributed by atoms with Crippen molar-refractivity contribution < 1.29 is 13.5 Å². The van der Waals surface area contributed by atoms with Crippen LogP contribution in [0.5, 0.6) is 0 Å². The summed E-state index contributed by atoms with van der Waals surface area (Å²) in [6.45, 7) is 0.580. The molecule has 1 atom stereocenters. The number of nitrogens with two attached hydrogens (primary N) is 1. The molecule has 21 heavy (non-hydrogen) atoms. The first kappa shape index (κ1) is 13.5. The Kier molecular flexibility index (Phi) is 3.31. The van der Waals surface area contributed by atoms with Crippen molar-refractivity contribution in [1.82, 2.24) is 9.78 Å². The summed E-state index contributed by atoms with van der Waals surface area (Å²) in [6.07, 6.45) is 1.24. The molecule has 2 heterocycles. The monoisotopic (exact) mass is 290 g/mol. The van der Waals surface area contributed by atoms with E-state index in [1.165, 1.54) is 0 Å². The van der Waals surface area contributed by atoms with Crippen LogP contribution in [0.4, 0.5) is 14.6 Å². The zero-order valence-electron chi connectivity index (χ0n) is 11.0. The Morgan fingerprint density at radius 1 is 1.43 bits per heavy atom. The summed E-state index contributed by atoms with van der Waals surface area (Å²) in [7, 11) is 0. The van der Waals surface area contributed by atoms with Crippen LogP contribution in [0.2, 0.25) is 0 Å². The minimum Gasteiger partial charge on any atom is -0.382 e. The molecule has 3 rings (SSSR count).